The molecule has 0 bridgehead atoms. The number of carbonyl (C=O) groups excluding carboxylic acids is 2. The highest BCUT2D eigenvalue weighted by Gasteiger charge is 2.16. The van der Waals surface area contributed by atoms with E-state index in [1.54, 1.807) is 21.6 Å². The number of methoxy groups -OCH3 is 1. The first-order valence-electron chi connectivity index (χ1n) is 7.94. The Morgan fingerprint density at radius 1 is 1.29 bits per heavy atom. The lowest BCUT2D eigenvalue weighted by Gasteiger charge is -2.21. The maximum atomic E-state index is 11.7. The van der Waals surface area contributed by atoms with Gasteiger partial charge in [0.1, 0.15) is 6.61 Å². The average molecular weight is 384 g/mol. The zero-order chi connectivity index (χ0) is 18.2. The number of nitrogens with one attached hydrogen (secondary N) is 1. The van der Waals surface area contributed by atoms with Crippen LogP contribution < -0.4 is 5.32 Å². The number of amides is 1. The fourth-order valence-corrected chi connectivity index (χ4v) is 2.80. The third-order valence-electron chi connectivity index (χ3n) is 3.05. The Morgan fingerprint density at radius 2 is 2.04 bits per heavy atom. The van der Waals surface area contributed by atoms with Crippen LogP contribution in [-0.2, 0) is 23.8 Å². The molecule has 24 heavy (non-hydrogen) atoms. The van der Waals surface area contributed by atoms with Crippen molar-refractivity contribution in [2.45, 2.75) is 45.0 Å². The maximum absolute atomic E-state index is 11.7. The molecule has 0 aromatic rings. The quantitative estimate of drug-likeness (QED) is 0.191. The van der Waals surface area contributed by atoms with Crippen molar-refractivity contribution in [3.05, 3.63) is 0 Å². The van der Waals surface area contributed by atoms with Gasteiger partial charge < -0.3 is 24.6 Å². The Balaban J connectivity index is 3.79. The topological polar surface area (TPSA) is 94.1 Å². The molecule has 0 aromatic heterocycles. The van der Waals surface area contributed by atoms with Crippen molar-refractivity contribution in [2.75, 3.05) is 38.9 Å². The van der Waals surface area contributed by atoms with Crippen LogP contribution in [0.1, 0.15) is 32.6 Å². The van der Waals surface area contributed by atoms with Crippen LogP contribution >= 0.6 is 21.6 Å². The molecule has 2 unspecified atom stereocenters. The Morgan fingerprint density at radius 3 is 2.62 bits per heavy atom. The van der Waals surface area contributed by atoms with E-state index in [0.717, 1.165) is 5.75 Å². The summed E-state index contributed by atoms with van der Waals surface area (Å²) in [5, 5.41) is 11.8. The molecule has 0 saturated carbocycles. The Bertz CT molecular complexity index is 342. The minimum atomic E-state index is -0.721. The van der Waals surface area contributed by atoms with Gasteiger partial charge in [-0.3, -0.25) is 9.59 Å². The lowest BCUT2D eigenvalue weighted by atomic mass is 10.2. The van der Waals surface area contributed by atoms with Crippen LogP contribution in [0.3, 0.4) is 0 Å². The molecule has 2 atom stereocenters. The third-order valence-corrected chi connectivity index (χ3v) is 4.87. The standard InChI is InChI=1S/C15H29NO6S2/c1-4-12(22-15(10-17)20-2)11-21-14(19)7-5-6-13(18)16-8-9-24-23-3/h12,15,17H,4-11H2,1-3H3,(H,16,18). The molecule has 0 saturated heterocycles. The van der Waals surface area contributed by atoms with Crippen LogP contribution in [0.15, 0.2) is 0 Å². The Kier molecular flexibility index (Phi) is 15.7. The van der Waals surface area contributed by atoms with Gasteiger partial charge in [0.15, 0.2) is 6.29 Å². The van der Waals surface area contributed by atoms with E-state index in [4.69, 9.17) is 19.3 Å². The highest BCUT2D eigenvalue weighted by Crippen LogP contribution is 2.14. The molecule has 0 heterocycles. The molecular weight excluding hydrogens is 354 g/mol. The highest BCUT2D eigenvalue weighted by atomic mass is 33.1. The second kappa shape index (κ2) is 16.0. The first kappa shape index (κ1) is 23.5. The predicted molar refractivity (Wildman–Crippen MR) is 96.8 cm³/mol. The van der Waals surface area contributed by atoms with Gasteiger partial charge in [0.05, 0.1) is 12.7 Å². The second-order valence-electron chi connectivity index (χ2n) is 4.89. The molecule has 9 heteroatoms. The van der Waals surface area contributed by atoms with Gasteiger partial charge in [0, 0.05) is 32.2 Å². The molecule has 142 valence electrons. The van der Waals surface area contributed by atoms with Gasteiger partial charge in [-0.15, -0.1) is 0 Å². The number of rotatable bonds is 15. The van der Waals surface area contributed by atoms with E-state index in [9.17, 15) is 9.59 Å². The molecule has 0 aromatic carbocycles. The Hall–Kier alpha value is -0.480. The first-order chi connectivity index (χ1) is 11.6. The van der Waals surface area contributed by atoms with E-state index in [-0.39, 0.29) is 37.6 Å². The number of hydrogen-bond donors (Lipinski definition) is 2. The minimum absolute atomic E-state index is 0.0508. The summed E-state index contributed by atoms with van der Waals surface area (Å²) < 4.78 is 15.5. The van der Waals surface area contributed by atoms with Crippen LogP contribution in [-0.4, -0.2) is 68.3 Å². The summed E-state index contributed by atoms with van der Waals surface area (Å²) in [4.78, 5) is 23.2. The first-order valence-corrected chi connectivity index (χ1v) is 10.7. The molecule has 0 aliphatic carbocycles. The molecule has 0 aliphatic rings. The third kappa shape index (κ3) is 12.9. The van der Waals surface area contributed by atoms with E-state index in [0.29, 0.717) is 25.8 Å². The number of ether oxygens (including phenoxy) is 3. The second-order valence-corrected chi connectivity index (χ2v) is 7.57. The lowest BCUT2D eigenvalue weighted by molar-refractivity contribution is -0.188. The van der Waals surface area contributed by atoms with Gasteiger partial charge in [0.25, 0.3) is 0 Å². The fraction of sp³-hybridized carbons (Fsp3) is 0.867. The summed E-state index contributed by atoms with van der Waals surface area (Å²) in [7, 11) is 4.79. The van der Waals surface area contributed by atoms with Gasteiger partial charge in [-0.05, 0) is 19.1 Å². The van der Waals surface area contributed by atoms with Crippen molar-refractivity contribution in [3.63, 3.8) is 0 Å². The highest BCUT2D eigenvalue weighted by molar-refractivity contribution is 8.76. The molecule has 0 fully saturated rings. The summed E-state index contributed by atoms with van der Waals surface area (Å²) in [6, 6.07) is 0. The molecule has 0 aliphatic heterocycles. The van der Waals surface area contributed by atoms with E-state index >= 15 is 0 Å². The Labute approximate surface area is 152 Å². The van der Waals surface area contributed by atoms with Gasteiger partial charge >= 0.3 is 5.97 Å². The maximum Gasteiger partial charge on any atom is 0.305 e. The molecule has 2 N–H and O–H groups in total. The molecule has 1 amide bonds. The van der Waals surface area contributed by atoms with Crippen molar-refractivity contribution < 1.29 is 28.9 Å². The van der Waals surface area contributed by atoms with E-state index in [1.807, 2.05) is 13.2 Å². The minimum Gasteiger partial charge on any atom is -0.463 e. The zero-order valence-electron chi connectivity index (χ0n) is 14.6. The number of aliphatic hydroxyl groups is 1. The van der Waals surface area contributed by atoms with Gasteiger partial charge in [0.2, 0.25) is 5.91 Å². The van der Waals surface area contributed by atoms with Crippen molar-refractivity contribution in [3.8, 4) is 0 Å². The van der Waals surface area contributed by atoms with Gasteiger partial charge in [-0.25, -0.2) is 0 Å². The summed E-state index contributed by atoms with van der Waals surface area (Å²) in [6.45, 7) is 2.37. The average Bonchev–Trinajstić information content (AvgIpc) is 2.59. The number of carbonyl (C=O) groups is 2. The van der Waals surface area contributed by atoms with E-state index in [1.165, 1.54) is 7.11 Å². The van der Waals surface area contributed by atoms with Crippen molar-refractivity contribution in [1.82, 2.24) is 5.32 Å². The van der Waals surface area contributed by atoms with E-state index in [2.05, 4.69) is 5.32 Å². The smallest absolute Gasteiger partial charge is 0.305 e. The van der Waals surface area contributed by atoms with Crippen LogP contribution in [0.4, 0.5) is 0 Å². The van der Waals surface area contributed by atoms with Crippen LogP contribution in [0.5, 0.6) is 0 Å². The van der Waals surface area contributed by atoms with Crippen LogP contribution in [0.2, 0.25) is 0 Å². The fourth-order valence-electron chi connectivity index (χ4n) is 1.70. The summed E-state index contributed by atoms with van der Waals surface area (Å²) in [5.41, 5.74) is 0. The molecule has 0 radical (unpaired) electrons. The van der Waals surface area contributed by atoms with Crippen molar-refractivity contribution in [2.24, 2.45) is 0 Å². The zero-order valence-corrected chi connectivity index (χ0v) is 16.2. The molecule has 0 rings (SSSR count). The monoisotopic (exact) mass is 383 g/mol. The molecule has 7 nitrogen and oxygen atoms in total. The lowest BCUT2D eigenvalue weighted by Crippen LogP contribution is -2.30. The molecule has 0 spiro atoms. The largest absolute Gasteiger partial charge is 0.463 e. The summed E-state index contributed by atoms with van der Waals surface area (Å²) in [5.74, 6) is 0.454. The van der Waals surface area contributed by atoms with Crippen LogP contribution in [0, 0.1) is 0 Å². The van der Waals surface area contributed by atoms with Crippen LogP contribution in [0.25, 0.3) is 0 Å². The van der Waals surface area contributed by atoms with Gasteiger partial charge in [-0.1, -0.05) is 28.5 Å². The van der Waals surface area contributed by atoms with Gasteiger partial charge in [-0.2, -0.15) is 0 Å². The number of esters is 1. The molecular formula is C15H29NO6S2. The normalized spacial score (nSPS) is 13.3. The van der Waals surface area contributed by atoms with E-state index < -0.39 is 6.29 Å². The predicted octanol–water partition coefficient (Wildman–Crippen LogP) is 1.59. The van der Waals surface area contributed by atoms with Crippen molar-refractivity contribution in [1.29, 1.82) is 0 Å². The SMILES string of the molecule is CCC(COC(=O)CCCC(=O)NCCSSC)OC(CO)OC. The summed E-state index contributed by atoms with van der Waals surface area (Å²) in [6.07, 6.45) is 2.52. The number of aliphatic hydroxyl groups excluding tert-OH is 1. The van der Waals surface area contributed by atoms with Crippen molar-refractivity contribution >= 4 is 33.5 Å². The number of hydrogen-bond acceptors (Lipinski definition) is 8. The summed E-state index contributed by atoms with van der Waals surface area (Å²) >= 11 is 0.